The molecule has 0 spiro atoms. The second-order valence-corrected chi connectivity index (χ2v) is 10.5. The fraction of sp³-hybridized carbons (Fsp3) is 0.185. The summed E-state index contributed by atoms with van der Waals surface area (Å²) >= 11 is 0. The first kappa shape index (κ1) is 25.7. The van der Waals surface area contributed by atoms with Crippen molar-refractivity contribution in [2.24, 2.45) is 0 Å². The molecule has 2 aromatic carbocycles. The van der Waals surface area contributed by atoms with E-state index in [-0.39, 0.29) is 23.2 Å². The van der Waals surface area contributed by atoms with Gasteiger partial charge in [-0.3, -0.25) is 9.71 Å². The van der Waals surface area contributed by atoms with E-state index in [1.165, 1.54) is 36.5 Å². The molecule has 0 bridgehead atoms. The Hall–Kier alpha value is -3.99. The molecule has 3 heterocycles. The van der Waals surface area contributed by atoms with E-state index in [0.29, 0.717) is 34.4 Å². The first-order valence-electron chi connectivity index (χ1n) is 11.6. The van der Waals surface area contributed by atoms with Gasteiger partial charge in [-0.25, -0.2) is 13.4 Å². The second-order valence-electron chi connectivity index (χ2n) is 8.83. The van der Waals surface area contributed by atoms with Crippen molar-refractivity contribution in [3.8, 4) is 16.9 Å². The second kappa shape index (κ2) is 9.71. The van der Waals surface area contributed by atoms with E-state index in [2.05, 4.69) is 14.7 Å². The lowest BCUT2D eigenvalue weighted by Crippen LogP contribution is -2.19. The zero-order valence-electron chi connectivity index (χ0n) is 20.0. The highest BCUT2D eigenvalue weighted by Gasteiger charge is 2.33. The Morgan fingerprint density at radius 2 is 1.79 bits per heavy atom. The van der Waals surface area contributed by atoms with Gasteiger partial charge in [-0.15, -0.1) is 0 Å². The zero-order valence-corrected chi connectivity index (χ0v) is 20.8. The van der Waals surface area contributed by atoms with E-state index in [9.17, 15) is 26.0 Å². The summed E-state index contributed by atoms with van der Waals surface area (Å²) in [5.41, 5.74) is 2.17. The third-order valence-electron chi connectivity index (χ3n) is 6.27. The summed E-state index contributed by atoms with van der Waals surface area (Å²) in [5.74, 6) is -1.07. The Morgan fingerprint density at radius 1 is 1.00 bits per heavy atom. The molecule has 0 amide bonds. The lowest BCUT2D eigenvalue weighted by atomic mass is 9.82. The molecule has 6 nitrogen and oxygen atoms in total. The van der Waals surface area contributed by atoms with Crippen molar-refractivity contribution in [1.82, 2.24) is 9.97 Å². The summed E-state index contributed by atoms with van der Waals surface area (Å²) in [6, 6.07) is 15.1. The molecule has 1 atom stereocenters. The molecule has 1 unspecified atom stereocenters. The van der Waals surface area contributed by atoms with Crippen LogP contribution in [0.25, 0.3) is 11.1 Å². The third kappa shape index (κ3) is 5.19. The van der Waals surface area contributed by atoms with Gasteiger partial charge >= 0.3 is 6.18 Å². The maximum Gasteiger partial charge on any atom is 0.416 e. The molecular weight excluding hydrogens is 522 g/mol. The number of hydrogen-bond donors (Lipinski definition) is 1. The number of rotatable bonds is 5. The summed E-state index contributed by atoms with van der Waals surface area (Å²) in [5, 5.41) is 0. The van der Waals surface area contributed by atoms with Gasteiger partial charge in [-0.1, -0.05) is 24.3 Å². The molecule has 0 saturated carbocycles. The third-order valence-corrected chi connectivity index (χ3v) is 7.62. The first-order chi connectivity index (χ1) is 18.0. The Kier molecular flexibility index (Phi) is 6.56. The summed E-state index contributed by atoms with van der Waals surface area (Å²) in [7, 11) is -4.12. The van der Waals surface area contributed by atoms with Gasteiger partial charge in [-0.05, 0) is 60.9 Å². The Bertz CT molecular complexity index is 1610. The fourth-order valence-electron chi connectivity index (χ4n) is 4.44. The van der Waals surface area contributed by atoms with Crippen LogP contribution in [-0.2, 0) is 16.2 Å². The summed E-state index contributed by atoms with van der Waals surface area (Å²) < 4.78 is 87.9. The van der Waals surface area contributed by atoms with Crippen LogP contribution in [0.3, 0.4) is 0 Å². The van der Waals surface area contributed by atoms with Crippen molar-refractivity contribution in [3.05, 3.63) is 101 Å². The molecule has 4 aromatic rings. The number of aryl methyl sites for hydroxylation is 1. The van der Waals surface area contributed by atoms with E-state index in [4.69, 9.17) is 4.74 Å². The average Bonchev–Trinajstić information content (AvgIpc) is 2.87. The maximum atomic E-state index is 13.6. The number of pyridine rings is 2. The summed E-state index contributed by atoms with van der Waals surface area (Å²) in [4.78, 5) is 7.64. The highest BCUT2D eigenvalue weighted by Crippen LogP contribution is 2.44. The monoisotopic (exact) mass is 543 g/mol. The number of nitrogens with zero attached hydrogens (tertiary/aromatic N) is 2. The van der Waals surface area contributed by atoms with E-state index >= 15 is 0 Å². The smallest absolute Gasteiger partial charge is 0.416 e. The van der Waals surface area contributed by atoms with Gasteiger partial charge in [0, 0.05) is 35.0 Å². The normalized spacial score (nSPS) is 15.4. The van der Waals surface area contributed by atoms with E-state index in [0.717, 1.165) is 23.9 Å². The van der Waals surface area contributed by atoms with Crippen molar-refractivity contribution in [2.45, 2.75) is 30.3 Å². The van der Waals surface area contributed by atoms with E-state index < -0.39 is 27.7 Å². The van der Waals surface area contributed by atoms with Crippen molar-refractivity contribution in [1.29, 1.82) is 0 Å². The van der Waals surface area contributed by atoms with Crippen LogP contribution in [-0.4, -0.2) is 25.0 Å². The average molecular weight is 544 g/mol. The van der Waals surface area contributed by atoms with Crippen LogP contribution < -0.4 is 9.46 Å². The number of halogens is 4. The predicted octanol–water partition coefficient (Wildman–Crippen LogP) is 6.33. The van der Waals surface area contributed by atoms with Gasteiger partial charge in [0.1, 0.15) is 11.6 Å². The summed E-state index contributed by atoms with van der Waals surface area (Å²) in [6.45, 7) is 2.02. The molecule has 1 aliphatic heterocycles. The quantitative estimate of drug-likeness (QED) is 0.235. The van der Waals surface area contributed by atoms with Crippen molar-refractivity contribution in [2.75, 3.05) is 11.3 Å². The number of fused-ring (bicyclic) bond motifs is 1. The number of aromatic nitrogens is 2. The van der Waals surface area contributed by atoms with E-state index in [1.807, 2.05) is 0 Å². The number of alkyl halides is 3. The maximum absolute atomic E-state index is 13.6. The van der Waals surface area contributed by atoms with Gasteiger partial charge in [-0.2, -0.15) is 17.6 Å². The number of ether oxygens (including phenoxy) is 1. The van der Waals surface area contributed by atoms with Gasteiger partial charge in [0.15, 0.2) is 0 Å². The molecular formula is C27H21F4N3O3S. The van der Waals surface area contributed by atoms with Gasteiger partial charge in [0.2, 0.25) is 5.95 Å². The minimum atomic E-state index is -4.52. The molecule has 2 aromatic heterocycles. The molecule has 0 radical (unpaired) electrons. The lowest BCUT2D eigenvalue weighted by Gasteiger charge is -2.29. The zero-order chi connectivity index (χ0) is 27.1. The molecule has 0 fully saturated rings. The number of benzene rings is 2. The highest BCUT2D eigenvalue weighted by molar-refractivity contribution is 7.92. The standard InChI is InChI=1S/C27H21F4N3O3S/c1-16-5-6-17(15-32-16)23-13-18(27(29,30)31)7-9-20(23)21-11-12-37-24-14-19(8-10-22(21)24)38(35,36)34-26-4-2-3-25(28)33-26/h2-10,13-15,21H,11-12H2,1H3,(H,33,34). The molecule has 0 saturated heterocycles. The van der Waals surface area contributed by atoms with Crippen molar-refractivity contribution in [3.63, 3.8) is 0 Å². The summed E-state index contributed by atoms with van der Waals surface area (Å²) in [6.07, 6.45) is -2.51. The predicted molar refractivity (Wildman–Crippen MR) is 133 cm³/mol. The van der Waals surface area contributed by atoms with Crippen LogP contribution in [0.2, 0.25) is 0 Å². The molecule has 5 rings (SSSR count). The Balaban J connectivity index is 1.55. The molecule has 1 N–H and O–H groups in total. The minimum Gasteiger partial charge on any atom is -0.493 e. The van der Waals surface area contributed by atoms with Gasteiger partial charge in [0.05, 0.1) is 17.1 Å². The highest BCUT2D eigenvalue weighted by atomic mass is 32.2. The SMILES string of the molecule is Cc1ccc(-c2cc(C(F)(F)F)ccc2C2CCOc3cc(S(=O)(=O)Nc4cccc(F)n4)ccc32)cn1. The molecule has 196 valence electrons. The van der Waals surface area contributed by atoms with Gasteiger partial charge in [0.25, 0.3) is 10.0 Å². The Morgan fingerprint density at radius 3 is 2.50 bits per heavy atom. The van der Waals surface area contributed by atoms with Crippen LogP contribution in [0, 0.1) is 12.9 Å². The number of hydrogen-bond acceptors (Lipinski definition) is 5. The number of anilines is 1. The molecule has 0 aliphatic carbocycles. The minimum absolute atomic E-state index is 0.127. The topological polar surface area (TPSA) is 81.2 Å². The number of nitrogens with one attached hydrogen (secondary N) is 1. The van der Waals surface area contributed by atoms with Crippen LogP contribution in [0.15, 0.2) is 77.8 Å². The van der Waals surface area contributed by atoms with Crippen LogP contribution in [0.5, 0.6) is 5.75 Å². The molecule has 1 aliphatic rings. The van der Waals surface area contributed by atoms with Crippen LogP contribution >= 0.6 is 0 Å². The lowest BCUT2D eigenvalue weighted by molar-refractivity contribution is -0.137. The molecule has 11 heteroatoms. The number of sulfonamides is 1. The van der Waals surface area contributed by atoms with Crippen LogP contribution in [0.4, 0.5) is 23.4 Å². The molecule has 38 heavy (non-hydrogen) atoms. The van der Waals surface area contributed by atoms with E-state index in [1.54, 1.807) is 25.1 Å². The largest absolute Gasteiger partial charge is 0.493 e. The Labute approximate surface area is 216 Å². The van der Waals surface area contributed by atoms with Crippen molar-refractivity contribution < 1.29 is 30.7 Å². The first-order valence-corrected chi connectivity index (χ1v) is 13.1. The van der Waals surface area contributed by atoms with Crippen LogP contribution in [0.1, 0.15) is 34.7 Å². The van der Waals surface area contributed by atoms with Crippen molar-refractivity contribution >= 4 is 15.8 Å². The van der Waals surface area contributed by atoms with Gasteiger partial charge < -0.3 is 4.74 Å². The fourth-order valence-corrected chi connectivity index (χ4v) is 5.45.